The second kappa shape index (κ2) is 7.84. The smallest absolute Gasteiger partial charge is 0.328 e. The van der Waals surface area contributed by atoms with E-state index in [1.807, 2.05) is 32.0 Å². The van der Waals surface area contributed by atoms with Gasteiger partial charge in [-0.1, -0.05) is 32.9 Å². The number of esters is 1. The van der Waals surface area contributed by atoms with Gasteiger partial charge in [0.1, 0.15) is 11.8 Å². The van der Waals surface area contributed by atoms with Crippen molar-refractivity contribution >= 4 is 17.8 Å². The Balaban J connectivity index is 1.54. The van der Waals surface area contributed by atoms with Crippen LogP contribution in [0.4, 0.5) is 0 Å². The molecule has 7 heteroatoms. The summed E-state index contributed by atoms with van der Waals surface area (Å²) in [6, 6.07) is 6.62. The molecule has 4 aliphatic rings. The first-order valence-corrected chi connectivity index (χ1v) is 11.3. The number of carbonyl (C=O) groups excluding carboxylic acids is 3. The molecule has 3 saturated carbocycles. The van der Waals surface area contributed by atoms with Gasteiger partial charge >= 0.3 is 5.97 Å². The number of ether oxygens (including phenoxy) is 2. The average Bonchev–Trinajstić information content (AvgIpc) is 2.71. The maximum absolute atomic E-state index is 13.3. The fourth-order valence-corrected chi connectivity index (χ4v) is 5.64. The average molecular weight is 429 g/mol. The summed E-state index contributed by atoms with van der Waals surface area (Å²) in [7, 11) is 0. The highest BCUT2D eigenvalue weighted by Gasteiger charge is 2.62. The third-order valence-corrected chi connectivity index (χ3v) is 7.32. The number of carbonyl (C=O) groups is 3. The van der Waals surface area contributed by atoms with E-state index in [1.165, 1.54) is 0 Å². The Labute approximate surface area is 183 Å². The summed E-state index contributed by atoms with van der Waals surface area (Å²) in [6.07, 6.45) is 2.94. The lowest BCUT2D eigenvalue weighted by Gasteiger charge is -2.59. The normalized spacial score (nSPS) is 32.1. The molecule has 3 aliphatic carbocycles. The van der Waals surface area contributed by atoms with Gasteiger partial charge in [0.2, 0.25) is 5.91 Å². The number of nitrogens with one attached hydrogen (secondary N) is 2. The summed E-state index contributed by atoms with van der Waals surface area (Å²) >= 11 is 0. The number of amides is 2. The van der Waals surface area contributed by atoms with Crippen LogP contribution in [0.25, 0.3) is 0 Å². The highest BCUT2D eigenvalue weighted by molar-refractivity contribution is 5.98. The Kier molecular flexibility index (Phi) is 5.48. The van der Waals surface area contributed by atoms with Crippen LogP contribution in [-0.4, -0.2) is 36.2 Å². The van der Waals surface area contributed by atoms with Crippen LogP contribution in [0, 0.1) is 23.2 Å². The molecule has 7 nitrogen and oxygen atoms in total. The number of para-hydroxylation sites is 1. The molecule has 2 N–H and O–H groups in total. The topological polar surface area (TPSA) is 93.7 Å². The summed E-state index contributed by atoms with van der Waals surface area (Å²) in [4.78, 5) is 38.4. The molecule has 0 saturated heterocycles. The van der Waals surface area contributed by atoms with Gasteiger partial charge in [-0.3, -0.25) is 9.59 Å². The highest BCUT2D eigenvalue weighted by atomic mass is 16.5. The van der Waals surface area contributed by atoms with Crippen molar-refractivity contribution < 1.29 is 23.9 Å². The minimum Gasteiger partial charge on any atom is -0.467 e. The van der Waals surface area contributed by atoms with Crippen LogP contribution in [0.2, 0.25) is 0 Å². The van der Waals surface area contributed by atoms with Crippen molar-refractivity contribution in [2.45, 2.75) is 65.1 Å². The molecule has 0 unspecified atom stereocenters. The molecule has 1 heterocycles. The van der Waals surface area contributed by atoms with E-state index in [9.17, 15) is 14.4 Å². The zero-order chi connectivity index (χ0) is 22.4. The first-order chi connectivity index (χ1) is 14.7. The number of hydrogen-bond donors (Lipinski definition) is 2. The lowest BCUT2D eigenvalue weighted by atomic mass is 9.52. The third-order valence-electron chi connectivity index (χ3n) is 7.32. The maximum atomic E-state index is 13.3. The Bertz CT molecular complexity index is 900. The molecule has 1 aliphatic heterocycles. The Morgan fingerprint density at radius 1 is 1.32 bits per heavy atom. The van der Waals surface area contributed by atoms with Crippen LogP contribution < -0.4 is 15.4 Å². The quantitative estimate of drug-likeness (QED) is 0.703. The van der Waals surface area contributed by atoms with Crippen molar-refractivity contribution in [1.82, 2.24) is 10.6 Å². The van der Waals surface area contributed by atoms with E-state index in [-0.39, 0.29) is 41.6 Å². The molecule has 31 heavy (non-hydrogen) atoms. The van der Waals surface area contributed by atoms with Crippen molar-refractivity contribution in [3.63, 3.8) is 0 Å². The van der Waals surface area contributed by atoms with Crippen molar-refractivity contribution in [3.05, 3.63) is 29.8 Å². The number of benzene rings is 1. The van der Waals surface area contributed by atoms with E-state index in [1.54, 1.807) is 13.0 Å². The number of rotatable bonds is 5. The van der Waals surface area contributed by atoms with Gasteiger partial charge in [-0.2, -0.15) is 0 Å². The van der Waals surface area contributed by atoms with Crippen LogP contribution in [0.5, 0.6) is 5.75 Å². The van der Waals surface area contributed by atoms with Crippen molar-refractivity contribution in [3.8, 4) is 5.75 Å². The van der Waals surface area contributed by atoms with Gasteiger partial charge in [0.25, 0.3) is 5.91 Å². The minimum atomic E-state index is -0.784. The molecule has 5 rings (SSSR count). The zero-order valence-electron chi connectivity index (χ0n) is 18.7. The lowest BCUT2D eigenvalue weighted by molar-refractivity contribution is -0.169. The van der Waals surface area contributed by atoms with E-state index in [4.69, 9.17) is 9.47 Å². The Hall–Kier alpha value is -2.57. The molecule has 2 bridgehead atoms. The second-order valence-electron chi connectivity index (χ2n) is 9.78. The molecule has 1 aromatic rings. The highest BCUT2D eigenvalue weighted by Crippen LogP contribution is 2.58. The van der Waals surface area contributed by atoms with Crippen molar-refractivity contribution in [1.29, 1.82) is 0 Å². The summed E-state index contributed by atoms with van der Waals surface area (Å²) in [5, 5.41) is 6.09. The van der Waals surface area contributed by atoms with Crippen LogP contribution in [0.3, 0.4) is 0 Å². The van der Waals surface area contributed by atoms with Gasteiger partial charge in [-0.25, -0.2) is 4.79 Å². The van der Waals surface area contributed by atoms with Crippen LogP contribution in [0.1, 0.15) is 63.7 Å². The molecule has 0 aromatic heterocycles. The molecule has 2 amide bonds. The monoisotopic (exact) mass is 428 g/mol. The molecule has 0 radical (unpaired) electrons. The minimum absolute atomic E-state index is 0.0301. The summed E-state index contributed by atoms with van der Waals surface area (Å²) in [5.74, 6) is -0.316. The number of hydrogen-bond acceptors (Lipinski definition) is 5. The SMILES string of the molecule is CCOC(=O)[C@H](NC(=O)[C@H]1C[C@H]2CC[C@@]1(C)C[C@]21NC(=O)c2ccccc2O1)C(C)C. The van der Waals surface area contributed by atoms with Gasteiger partial charge in [-0.05, 0) is 49.7 Å². The standard InChI is InChI=1S/C24H32N2O5/c1-5-30-22(29)19(14(2)3)25-21(28)17-12-15-10-11-23(17,4)13-24(15)26-20(27)16-8-6-7-9-18(16)31-24/h6-9,14-15,17,19H,5,10-13H2,1-4H3,(H,25,28)(H,26,27)/t15-,17-,19-,23+,24-/m1/s1. The Morgan fingerprint density at radius 3 is 2.74 bits per heavy atom. The zero-order valence-corrected chi connectivity index (χ0v) is 18.7. The lowest BCUT2D eigenvalue weighted by Crippen LogP contribution is -2.69. The van der Waals surface area contributed by atoms with Crippen LogP contribution in [-0.2, 0) is 14.3 Å². The van der Waals surface area contributed by atoms with Crippen LogP contribution >= 0.6 is 0 Å². The molecule has 3 fully saturated rings. The first kappa shape index (κ1) is 21.7. The molecular weight excluding hydrogens is 396 g/mol. The van der Waals surface area contributed by atoms with Gasteiger partial charge in [-0.15, -0.1) is 0 Å². The largest absolute Gasteiger partial charge is 0.467 e. The predicted octanol–water partition coefficient (Wildman–Crippen LogP) is 3.04. The molecule has 168 valence electrons. The van der Waals surface area contributed by atoms with Gasteiger partial charge in [0.15, 0.2) is 5.72 Å². The first-order valence-electron chi connectivity index (χ1n) is 11.3. The molecule has 1 aromatic carbocycles. The fourth-order valence-electron chi connectivity index (χ4n) is 5.64. The second-order valence-corrected chi connectivity index (χ2v) is 9.78. The number of fused-ring (bicyclic) bond motifs is 3. The van der Waals surface area contributed by atoms with E-state index < -0.39 is 17.7 Å². The summed E-state index contributed by atoms with van der Waals surface area (Å²) in [5.41, 5.74) is -0.578. The van der Waals surface area contributed by atoms with Gasteiger partial charge < -0.3 is 20.1 Å². The van der Waals surface area contributed by atoms with E-state index >= 15 is 0 Å². The van der Waals surface area contributed by atoms with E-state index in [2.05, 4.69) is 17.6 Å². The van der Waals surface area contributed by atoms with Gasteiger partial charge in [0, 0.05) is 18.3 Å². The molecule has 5 atom stereocenters. The Morgan fingerprint density at radius 2 is 2.06 bits per heavy atom. The fraction of sp³-hybridized carbons (Fsp3) is 0.625. The summed E-state index contributed by atoms with van der Waals surface area (Å²) < 4.78 is 11.6. The van der Waals surface area contributed by atoms with E-state index in [0.29, 0.717) is 24.2 Å². The molecular formula is C24H32N2O5. The van der Waals surface area contributed by atoms with E-state index in [0.717, 1.165) is 12.8 Å². The van der Waals surface area contributed by atoms with Crippen LogP contribution in [0.15, 0.2) is 24.3 Å². The maximum Gasteiger partial charge on any atom is 0.328 e. The van der Waals surface area contributed by atoms with Crippen molar-refractivity contribution in [2.24, 2.45) is 23.2 Å². The third kappa shape index (κ3) is 3.68. The van der Waals surface area contributed by atoms with Gasteiger partial charge in [0.05, 0.1) is 12.2 Å². The predicted molar refractivity (Wildman–Crippen MR) is 114 cm³/mol. The summed E-state index contributed by atoms with van der Waals surface area (Å²) in [6.45, 7) is 7.93. The van der Waals surface area contributed by atoms with Crippen molar-refractivity contribution in [2.75, 3.05) is 6.61 Å². The molecule has 1 spiro atoms.